The van der Waals surface area contributed by atoms with Crippen molar-refractivity contribution in [2.45, 2.75) is 19.3 Å². The van der Waals surface area contributed by atoms with Gasteiger partial charge in [-0.2, -0.15) is 13.2 Å². The first-order valence-electron chi connectivity index (χ1n) is 12.3. The lowest BCUT2D eigenvalue weighted by molar-refractivity contribution is -0.141. The first-order chi connectivity index (χ1) is 19.8. The zero-order valence-electron chi connectivity index (χ0n) is 21.2. The van der Waals surface area contributed by atoms with Crippen LogP contribution in [-0.2, 0) is 11.0 Å². The number of nitrogens with zero attached hydrogens (tertiary/aromatic N) is 6. The molecule has 41 heavy (non-hydrogen) atoms. The summed E-state index contributed by atoms with van der Waals surface area (Å²) in [5.41, 5.74) is 1.80. The summed E-state index contributed by atoms with van der Waals surface area (Å²) < 4.78 is 46.1. The lowest BCUT2D eigenvalue weighted by Crippen LogP contribution is -2.32. The Morgan fingerprint density at radius 2 is 1.61 bits per heavy atom. The van der Waals surface area contributed by atoms with Crippen molar-refractivity contribution in [2.24, 2.45) is 4.99 Å². The zero-order chi connectivity index (χ0) is 28.6. The molecule has 1 atom stereocenters. The highest BCUT2D eigenvalue weighted by Crippen LogP contribution is 2.35. The van der Waals surface area contributed by atoms with E-state index in [1.807, 2.05) is 42.5 Å². The second-order valence-corrected chi connectivity index (χ2v) is 8.95. The molecule has 1 aliphatic rings. The van der Waals surface area contributed by atoms with Crippen molar-refractivity contribution >= 4 is 23.3 Å². The van der Waals surface area contributed by atoms with E-state index in [4.69, 9.17) is 4.42 Å². The summed E-state index contributed by atoms with van der Waals surface area (Å²) in [6.07, 6.45) is -3.13. The van der Waals surface area contributed by atoms with Gasteiger partial charge in [0.1, 0.15) is 11.5 Å². The van der Waals surface area contributed by atoms with Crippen LogP contribution in [0.3, 0.4) is 0 Å². The Balaban J connectivity index is 1.37. The number of para-hydroxylation sites is 1. The van der Waals surface area contributed by atoms with E-state index in [2.05, 4.69) is 40.8 Å². The first kappa shape index (κ1) is 25.8. The largest absolute Gasteiger partial charge is 0.433 e. The number of amides is 1. The number of halogens is 3. The van der Waals surface area contributed by atoms with E-state index in [1.54, 1.807) is 19.1 Å². The van der Waals surface area contributed by atoms with E-state index in [1.165, 1.54) is 18.5 Å². The van der Waals surface area contributed by atoms with Crippen molar-refractivity contribution in [1.29, 1.82) is 0 Å². The van der Waals surface area contributed by atoms with Crippen LogP contribution in [0.5, 0.6) is 0 Å². The highest BCUT2D eigenvalue weighted by molar-refractivity contribution is 6.19. The molecule has 3 aromatic heterocycles. The van der Waals surface area contributed by atoms with Gasteiger partial charge in [-0.3, -0.25) is 4.79 Å². The van der Waals surface area contributed by atoms with Gasteiger partial charge in [-0.1, -0.05) is 53.6 Å². The third kappa shape index (κ3) is 5.24. The zero-order valence-corrected chi connectivity index (χ0v) is 21.2. The van der Waals surface area contributed by atoms with Crippen molar-refractivity contribution in [3.8, 4) is 22.7 Å². The topological polar surface area (TPSA) is 131 Å². The van der Waals surface area contributed by atoms with Gasteiger partial charge in [0, 0.05) is 29.1 Å². The molecule has 0 saturated carbocycles. The Labute approximate surface area is 230 Å². The number of alkyl halides is 3. The summed E-state index contributed by atoms with van der Waals surface area (Å²) in [6, 6.07) is 18.4. The number of anilines is 2. The van der Waals surface area contributed by atoms with Crippen LogP contribution in [-0.4, -0.2) is 42.9 Å². The number of pyridine rings is 1. The van der Waals surface area contributed by atoms with Crippen molar-refractivity contribution in [3.05, 3.63) is 102 Å². The Bertz CT molecular complexity index is 1770. The normalized spacial score (nSPS) is 15.0. The summed E-state index contributed by atoms with van der Waals surface area (Å²) in [5, 5.41) is 13.6. The molecule has 0 aliphatic carbocycles. The molecule has 13 heteroatoms. The van der Waals surface area contributed by atoms with Gasteiger partial charge in [-0.25, -0.2) is 19.9 Å². The van der Waals surface area contributed by atoms with Gasteiger partial charge in [0.05, 0.1) is 22.7 Å². The second kappa shape index (κ2) is 10.3. The van der Waals surface area contributed by atoms with E-state index in [9.17, 15) is 18.0 Å². The number of fused-ring (bicyclic) bond motifs is 1. The number of hydrogen-bond donors (Lipinski definition) is 2. The average Bonchev–Trinajstić information content (AvgIpc) is 3.38. The van der Waals surface area contributed by atoms with E-state index in [0.29, 0.717) is 17.2 Å². The maximum Gasteiger partial charge on any atom is 0.433 e. The van der Waals surface area contributed by atoms with Gasteiger partial charge in [-0.05, 0) is 25.1 Å². The molecule has 0 spiro atoms. The number of carbonyl (C=O) groups is 1. The first-order valence-corrected chi connectivity index (χ1v) is 12.3. The summed E-state index contributed by atoms with van der Waals surface area (Å²) in [7, 11) is 0. The highest BCUT2D eigenvalue weighted by Gasteiger charge is 2.34. The Morgan fingerprint density at radius 1 is 0.878 bits per heavy atom. The molecule has 5 aromatic rings. The minimum Gasteiger partial charge on any atom is -0.403 e. The van der Waals surface area contributed by atoms with Crippen LogP contribution in [0, 0.1) is 6.92 Å². The number of aliphatic imine (C=N–C) groups is 1. The minimum absolute atomic E-state index is 0.0953. The standard InChI is InChI=1S/C28H19F3N8O2/c1-15-32-13-17(14-33-15)23-19(11-12-21(35-23)28(29,30)31)26-38-39-27(41-26)37-24-25(40)34-20-10-6-5-9-18(20)22(36-24)16-7-3-2-4-8-16/h2-14,24H,1H3,(H,34,40)(H,37,39)/t24-/m1/s1. The van der Waals surface area contributed by atoms with Crippen LogP contribution in [0.1, 0.15) is 22.6 Å². The van der Waals surface area contributed by atoms with Crippen LogP contribution in [0.2, 0.25) is 0 Å². The smallest absolute Gasteiger partial charge is 0.403 e. The number of benzodiazepines with no additional fused rings is 1. The number of aryl methyl sites for hydroxylation is 1. The number of benzene rings is 2. The molecule has 0 radical (unpaired) electrons. The van der Waals surface area contributed by atoms with Gasteiger partial charge in [0.2, 0.25) is 6.17 Å². The fourth-order valence-electron chi connectivity index (χ4n) is 4.21. The summed E-state index contributed by atoms with van der Waals surface area (Å²) in [5.74, 6) is -0.170. The Kier molecular flexibility index (Phi) is 6.46. The predicted molar refractivity (Wildman–Crippen MR) is 143 cm³/mol. The van der Waals surface area contributed by atoms with E-state index >= 15 is 0 Å². The molecule has 2 aromatic carbocycles. The number of hydrogen-bond acceptors (Lipinski definition) is 9. The molecule has 2 N–H and O–H groups in total. The molecule has 1 amide bonds. The van der Waals surface area contributed by atoms with Gasteiger partial charge >= 0.3 is 12.2 Å². The quantitative estimate of drug-likeness (QED) is 0.304. The average molecular weight is 557 g/mol. The Hall–Kier alpha value is -5.46. The molecule has 1 aliphatic heterocycles. The number of rotatable bonds is 5. The van der Waals surface area contributed by atoms with Crippen molar-refractivity contribution in [3.63, 3.8) is 0 Å². The van der Waals surface area contributed by atoms with Gasteiger partial charge < -0.3 is 15.1 Å². The summed E-state index contributed by atoms with van der Waals surface area (Å²) >= 11 is 0. The number of aromatic nitrogens is 5. The Morgan fingerprint density at radius 3 is 2.37 bits per heavy atom. The van der Waals surface area contributed by atoms with Gasteiger partial charge in [-0.15, -0.1) is 5.10 Å². The molecular weight excluding hydrogens is 537 g/mol. The molecule has 10 nitrogen and oxygen atoms in total. The van der Waals surface area contributed by atoms with Crippen molar-refractivity contribution in [1.82, 2.24) is 25.1 Å². The fourth-order valence-corrected chi connectivity index (χ4v) is 4.21. The molecule has 0 saturated heterocycles. The minimum atomic E-state index is -4.68. The third-order valence-corrected chi connectivity index (χ3v) is 6.15. The van der Waals surface area contributed by atoms with E-state index < -0.39 is 23.9 Å². The van der Waals surface area contributed by atoms with Crippen LogP contribution >= 0.6 is 0 Å². The SMILES string of the molecule is Cc1ncc(-c2nc(C(F)(F)F)ccc2-c2nnc(N[C@H]3N=C(c4ccccc4)c4ccccc4NC3=O)o2)cn1. The maximum absolute atomic E-state index is 13.5. The molecule has 204 valence electrons. The maximum atomic E-state index is 13.5. The summed E-state index contributed by atoms with van der Waals surface area (Å²) in [6.45, 7) is 1.65. The lowest BCUT2D eigenvalue weighted by Gasteiger charge is -2.12. The molecule has 4 heterocycles. The second-order valence-electron chi connectivity index (χ2n) is 8.95. The number of nitrogens with one attached hydrogen (secondary N) is 2. The van der Waals surface area contributed by atoms with Gasteiger partial charge in [0.15, 0.2) is 0 Å². The molecule has 0 fully saturated rings. The number of carbonyl (C=O) groups excluding carboxylic acids is 1. The van der Waals surface area contributed by atoms with Crippen LogP contribution < -0.4 is 10.6 Å². The third-order valence-electron chi connectivity index (χ3n) is 6.15. The molecule has 6 rings (SSSR count). The van der Waals surface area contributed by atoms with Crippen molar-refractivity contribution < 1.29 is 22.4 Å². The van der Waals surface area contributed by atoms with E-state index in [0.717, 1.165) is 17.2 Å². The lowest BCUT2D eigenvalue weighted by atomic mass is 10.0. The monoisotopic (exact) mass is 556 g/mol. The highest BCUT2D eigenvalue weighted by atomic mass is 19.4. The predicted octanol–water partition coefficient (Wildman–Crippen LogP) is 5.14. The molecule has 0 unspecified atom stereocenters. The fraction of sp³-hybridized carbons (Fsp3) is 0.107. The van der Waals surface area contributed by atoms with E-state index in [-0.39, 0.29) is 28.7 Å². The molecule has 0 bridgehead atoms. The molecular formula is C28H19F3N8O2. The van der Waals surface area contributed by atoms with Crippen LogP contribution in [0.15, 0.2) is 88.5 Å². The summed E-state index contributed by atoms with van der Waals surface area (Å²) in [4.78, 5) is 29.7. The van der Waals surface area contributed by atoms with Crippen molar-refractivity contribution in [2.75, 3.05) is 10.6 Å². The van der Waals surface area contributed by atoms with Gasteiger partial charge in [0.25, 0.3) is 11.8 Å². The van der Waals surface area contributed by atoms with Crippen LogP contribution in [0.4, 0.5) is 24.9 Å². The van der Waals surface area contributed by atoms with Crippen LogP contribution in [0.25, 0.3) is 22.7 Å².